The number of fused-ring (bicyclic) bond motifs is 1. The van der Waals surface area contributed by atoms with Gasteiger partial charge in [0.15, 0.2) is 5.78 Å². The molecule has 0 atom stereocenters. The third-order valence-electron chi connectivity index (χ3n) is 3.39. The number of rotatable bonds is 2. The van der Waals surface area contributed by atoms with Crippen LogP contribution in [-0.2, 0) is 0 Å². The Morgan fingerprint density at radius 2 is 1.00 bits per heavy atom. The first kappa shape index (κ1) is 11.7. The van der Waals surface area contributed by atoms with E-state index in [4.69, 9.17) is 0 Å². The van der Waals surface area contributed by atoms with Crippen molar-refractivity contribution in [2.24, 2.45) is 0 Å². The van der Waals surface area contributed by atoms with Gasteiger partial charge in [0.2, 0.25) is 0 Å². The van der Waals surface area contributed by atoms with Crippen LogP contribution in [0, 0.1) is 0 Å². The van der Waals surface area contributed by atoms with Crippen LogP contribution in [0.2, 0.25) is 0 Å². The number of carbonyl (C=O) groups is 1. The summed E-state index contributed by atoms with van der Waals surface area (Å²) in [4.78, 5) is 11.3. The molecule has 3 rings (SSSR count). The van der Waals surface area contributed by atoms with Crippen LogP contribution in [0.25, 0.3) is 22.3 Å². The number of hydrogen-bond donors (Lipinski definition) is 0. The van der Waals surface area contributed by atoms with Crippen LogP contribution in [0.1, 0.15) is 17.3 Å². The second-order valence-corrected chi connectivity index (χ2v) is 4.69. The van der Waals surface area contributed by atoms with E-state index in [0.717, 1.165) is 16.7 Å². The van der Waals surface area contributed by atoms with E-state index in [1.807, 2.05) is 24.3 Å². The van der Waals surface area contributed by atoms with Gasteiger partial charge in [0.05, 0.1) is 0 Å². The minimum absolute atomic E-state index is 0.101. The molecule has 92 valence electrons. The van der Waals surface area contributed by atoms with E-state index in [9.17, 15) is 4.79 Å². The molecule has 0 heterocycles. The Hall–Kier alpha value is -2.41. The Morgan fingerprint density at radius 1 is 0.632 bits per heavy atom. The van der Waals surface area contributed by atoms with Crippen LogP contribution < -0.4 is 0 Å². The summed E-state index contributed by atoms with van der Waals surface area (Å²) in [6.45, 7) is 1.59. The summed E-state index contributed by atoms with van der Waals surface area (Å²) in [7, 11) is 0. The van der Waals surface area contributed by atoms with Gasteiger partial charge in [-0.2, -0.15) is 0 Å². The monoisotopic (exact) mass is 246 g/mol. The maximum absolute atomic E-state index is 11.3. The van der Waals surface area contributed by atoms with E-state index in [2.05, 4.69) is 42.5 Å². The molecule has 0 spiro atoms. The van der Waals surface area contributed by atoms with E-state index >= 15 is 0 Å². The maximum atomic E-state index is 11.3. The van der Waals surface area contributed by atoms with Crippen molar-refractivity contribution in [1.82, 2.24) is 0 Å². The fraction of sp³-hybridized carbons (Fsp3) is 0.0556. The highest BCUT2D eigenvalue weighted by Crippen LogP contribution is 2.26. The van der Waals surface area contributed by atoms with Gasteiger partial charge in [0.25, 0.3) is 0 Å². The van der Waals surface area contributed by atoms with Crippen LogP contribution in [-0.4, -0.2) is 5.78 Å². The zero-order valence-corrected chi connectivity index (χ0v) is 10.8. The van der Waals surface area contributed by atoms with Crippen LogP contribution in [0.15, 0.2) is 66.7 Å². The normalized spacial score (nSPS) is 10.6. The predicted molar refractivity (Wildman–Crippen MR) is 78.5 cm³/mol. The molecule has 0 saturated heterocycles. The Morgan fingerprint density at radius 3 is 1.42 bits per heavy atom. The summed E-state index contributed by atoms with van der Waals surface area (Å²) in [5, 5.41) is 0. The van der Waals surface area contributed by atoms with Gasteiger partial charge in [0.1, 0.15) is 0 Å². The lowest BCUT2D eigenvalue weighted by molar-refractivity contribution is 0.101. The molecule has 1 heteroatoms. The average molecular weight is 246 g/mol. The van der Waals surface area contributed by atoms with E-state index in [1.54, 1.807) is 6.92 Å². The van der Waals surface area contributed by atoms with Gasteiger partial charge in [0, 0.05) is 5.56 Å². The second-order valence-electron chi connectivity index (χ2n) is 4.69. The quantitative estimate of drug-likeness (QED) is 0.601. The van der Waals surface area contributed by atoms with Gasteiger partial charge in [-0.25, -0.2) is 0 Å². The van der Waals surface area contributed by atoms with Gasteiger partial charge >= 0.3 is 0 Å². The van der Waals surface area contributed by atoms with Gasteiger partial charge < -0.3 is 0 Å². The lowest BCUT2D eigenvalue weighted by Crippen LogP contribution is -1.90. The van der Waals surface area contributed by atoms with E-state index in [0.29, 0.717) is 0 Å². The highest BCUT2D eigenvalue weighted by molar-refractivity contribution is 5.94. The van der Waals surface area contributed by atoms with Crippen molar-refractivity contribution in [1.29, 1.82) is 0 Å². The molecule has 0 saturated carbocycles. The maximum Gasteiger partial charge on any atom is 0.159 e. The molecule has 1 nitrogen and oxygen atoms in total. The minimum atomic E-state index is 0.101. The molecule has 1 aromatic carbocycles. The first-order chi connectivity index (χ1) is 9.24. The number of carbonyl (C=O) groups excluding carboxylic acids is 1. The lowest BCUT2D eigenvalue weighted by Gasteiger charge is -2.00. The van der Waals surface area contributed by atoms with Crippen LogP contribution in [0.4, 0.5) is 0 Å². The molecule has 0 aliphatic heterocycles. The average Bonchev–Trinajstić information content (AvgIpc) is 2.78. The standard InChI is InChI=1S/C18H14O/c1-13(19)14-5-7-17(8-6-14)18-11-9-15-3-2-4-16(15)10-12-18/h2-12H,1H3. The van der Waals surface area contributed by atoms with Crippen LogP contribution >= 0.6 is 0 Å². The molecular weight excluding hydrogens is 232 g/mol. The van der Waals surface area contributed by atoms with E-state index in [1.165, 1.54) is 11.1 Å². The summed E-state index contributed by atoms with van der Waals surface area (Å²) in [5.41, 5.74) is 5.52. The molecule has 0 bridgehead atoms. The fourth-order valence-corrected chi connectivity index (χ4v) is 2.26. The fourth-order valence-electron chi connectivity index (χ4n) is 2.26. The zero-order chi connectivity index (χ0) is 13.2. The summed E-state index contributed by atoms with van der Waals surface area (Å²) in [6.07, 6.45) is 0. The lowest BCUT2D eigenvalue weighted by atomic mass is 10.0. The van der Waals surface area contributed by atoms with Crippen molar-refractivity contribution in [3.05, 3.63) is 72.3 Å². The predicted octanol–water partition coefficient (Wildman–Crippen LogP) is 4.66. The third-order valence-corrected chi connectivity index (χ3v) is 3.39. The second kappa shape index (κ2) is 4.69. The summed E-state index contributed by atoms with van der Waals surface area (Å²) in [5.74, 6) is 0.101. The summed E-state index contributed by atoms with van der Waals surface area (Å²) in [6, 6.07) is 22.5. The third kappa shape index (κ3) is 2.27. The van der Waals surface area contributed by atoms with Crippen molar-refractivity contribution in [2.45, 2.75) is 6.92 Å². The summed E-state index contributed by atoms with van der Waals surface area (Å²) >= 11 is 0. The Bertz CT molecular complexity index is 664. The minimum Gasteiger partial charge on any atom is -0.295 e. The molecule has 0 fully saturated rings. The summed E-state index contributed by atoms with van der Waals surface area (Å²) < 4.78 is 0. The zero-order valence-electron chi connectivity index (χ0n) is 10.8. The molecule has 0 N–H and O–H groups in total. The molecule has 2 aliphatic carbocycles. The smallest absolute Gasteiger partial charge is 0.159 e. The van der Waals surface area contributed by atoms with Gasteiger partial charge in [-0.1, -0.05) is 66.7 Å². The molecule has 0 amide bonds. The topological polar surface area (TPSA) is 17.1 Å². The van der Waals surface area contributed by atoms with Gasteiger partial charge in [-0.3, -0.25) is 4.79 Å². The Balaban J connectivity index is 2.04. The van der Waals surface area contributed by atoms with E-state index < -0.39 is 0 Å². The van der Waals surface area contributed by atoms with Gasteiger partial charge in [-0.15, -0.1) is 0 Å². The Labute approximate surface area is 112 Å². The molecule has 0 aromatic heterocycles. The van der Waals surface area contributed by atoms with Crippen LogP contribution in [0.3, 0.4) is 0 Å². The SMILES string of the molecule is CC(=O)c1ccc(-c2ccc3cccc-3cc2)cc1. The van der Waals surface area contributed by atoms with E-state index in [-0.39, 0.29) is 5.78 Å². The molecule has 2 aliphatic rings. The Kier molecular flexibility index (Phi) is 2.88. The number of hydrogen-bond acceptors (Lipinski definition) is 1. The molecule has 0 unspecified atom stereocenters. The number of Topliss-reactive ketones (excluding diaryl/α,β-unsaturated/α-hetero) is 1. The van der Waals surface area contributed by atoms with Crippen molar-refractivity contribution in [2.75, 3.05) is 0 Å². The van der Waals surface area contributed by atoms with Crippen molar-refractivity contribution >= 4 is 5.78 Å². The highest BCUT2D eigenvalue weighted by Gasteiger charge is 2.02. The number of ketones is 1. The molecular formula is C18H14O. The molecule has 0 radical (unpaired) electrons. The molecule has 1 aromatic rings. The van der Waals surface area contributed by atoms with Crippen LogP contribution in [0.5, 0.6) is 0 Å². The van der Waals surface area contributed by atoms with Crippen molar-refractivity contribution in [3.8, 4) is 22.3 Å². The largest absolute Gasteiger partial charge is 0.295 e. The highest BCUT2D eigenvalue weighted by atomic mass is 16.1. The van der Waals surface area contributed by atoms with Gasteiger partial charge in [-0.05, 0) is 29.2 Å². The first-order valence-corrected chi connectivity index (χ1v) is 6.34. The molecule has 19 heavy (non-hydrogen) atoms. The van der Waals surface area contributed by atoms with Crippen molar-refractivity contribution in [3.63, 3.8) is 0 Å². The van der Waals surface area contributed by atoms with Crippen molar-refractivity contribution < 1.29 is 4.79 Å². The first-order valence-electron chi connectivity index (χ1n) is 6.34. The number of benzene rings is 1.